The molecule has 0 aromatic carbocycles. The highest BCUT2D eigenvalue weighted by Gasteiger charge is 2.16. The number of rotatable bonds is 7. The summed E-state index contributed by atoms with van der Waals surface area (Å²) in [4.78, 5) is 23.6. The van der Waals surface area contributed by atoms with Crippen molar-refractivity contribution in [2.45, 2.75) is 26.9 Å². The molecule has 0 aliphatic heterocycles. The van der Waals surface area contributed by atoms with E-state index < -0.39 is 12.1 Å². The number of nitrogens with zero attached hydrogens (tertiary/aromatic N) is 1. The van der Waals surface area contributed by atoms with Gasteiger partial charge in [0.1, 0.15) is 6.61 Å². The number of carboxylic acids is 1. The third-order valence-corrected chi connectivity index (χ3v) is 2.00. The van der Waals surface area contributed by atoms with E-state index in [2.05, 4.69) is 6.58 Å². The maximum atomic E-state index is 11.6. The van der Waals surface area contributed by atoms with E-state index in [-0.39, 0.29) is 12.5 Å². The van der Waals surface area contributed by atoms with E-state index in [1.165, 1.54) is 6.92 Å². The molecular weight excluding hydrogens is 210 g/mol. The van der Waals surface area contributed by atoms with Crippen molar-refractivity contribution in [3.05, 3.63) is 12.2 Å². The van der Waals surface area contributed by atoms with Crippen LogP contribution in [0.4, 0.5) is 0 Å². The maximum absolute atomic E-state index is 11.6. The normalized spacial score (nSPS) is 11.9. The third kappa shape index (κ3) is 5.50. The molecule has 0 spiro atoms. The first-order valence-electron chi connectivity index (χ1n) is 5.15. The number of ether oxygens (including phenoxy) is 1. The molecule has 5 heteroatoms. The molecule has 0 fully saturated rings. The van der Waals surface area contributed by atoms with Crippen LogP contribution >= 0.6 is 0 Å². The van der Waals surface area contributed by atoms with Crippen molar-refractivity contribution >= 4 is 11.9 Å². The van der Waals surface area contributed by atoms with Gasteiger partial charge in [0.05, 0.1) is 0 Å². The fraction of sp³-hybridized carbons (Fsp3) is 0.636. The van der Waals surface area contributed by atoms with Gasteiger partial charge in [0.2, 0.25) is 5.91 Å². The Labute approximate surface area is 95.7 Å². The number of amides is 1. The molecule has 1 unspecified atom stereocenters. The SMILES string of the molecule is C=C(C)CN(CC)C(=O)COC(C)C(=O)O. The number of carboxylic acid groups (broad SMARTS) is 1. The van der Waals surface area contributed by atoms with E-state index >= 15 is 0 Å². The molecule has 1 N–H and O–H groups in total. The molecule has 0 saturated carbocycles. The molecule has 92 valence electrons. The first-order chi connectivity index (χ1) is 7.38. The molecule has 0 aliphatic rings. The van der Waals surface area contributed by atoms with Crippen molar-refractivity contribution in [3.63, 3.8) is 0 Å². The second kappa shape index (κ2) is 7.00. The minimum Gasteiger partial charge on any atom is -0.479 e. The molecule has 0 radical (unpaired) electrons. The lowest BCUT2D eigenvalue weighted by molar-refractivity contribution is -0.152. The molecule has 0 aromatic rings. The van der Waals surface area contributed by atoms with Crippen molar-refractivity contribution < 1.29 is 19.4 Å². The van der Waals surface area contributed by atoms with Crippen LogP contribution in [0.25, 0.3) is 0 Å². The third-order valence-electron chi connectivity index (χ3n) is 2.00. The fourth-order valence-corrected chi connectivity index (χ4v) is 1.06. The quantitative estimate of drug-likeness (QED) is 0.659. The van der Waals surface area contributed by atoms with Crippen LogP contribution in [0.2, 0.25) is 0 Å². The summed E-state index contributed by atoms with van der Waals surface area (Å²) in [6.45, 7) is 9.60. The van der Waals surface area contributed by atoms with E-state index in [9.17, 15) is 9.59 Å². The lowest BCUT2D eigenvalue weighted by Crippen LogP contribution is -2.36. The molecule has 0 heterocycles. The van der Waals surface area contributed by atoms with Crippen LogP contribution in [0.1, 0.15) is 20.8 Å². The minimum atomic E-state index is -1.07. The Balaban J connectivity index is 4.12. The van der Waals surface area contributed by atoms with Crippen molar-refractivity contribution in [1.82, 2.24) is 4.90 Å². The number of likely N-dealkylation sites (N-methyl/N-ethyl adjacent to an activating group) is 1. The largest absolute Gasteiger partial charge is 0.479 e. The van der Waals surface area contributed by atoms with Crippen molar-refractivity contribution in [2.75, 3.05) is 19.7 Å². The van der Waals surface area contributed by atoms with Gasteiger partial charge in [-0.1, -0.05) is 12.2 Å². The highest BCUT2D eigenvalue weighted by atomic mass is 16.5. The topological polar surface area (TPSA) is 66.8 Å². The smallest absolute Gasteiger partial charge is 0.332 e. The van der Waals surface area contributed by atoms with Gasteiger partial charge in [0.15, 0.2) is 6.10 Å². The van der Waals surface area contributed by atoms with Gasteiger partial charge in [0, 0.05) is 13.1 Å². The summed E-state index contributed by atoms with van der Waals surface area (Å²) in [5.74, 6) is -1.30. The van der Waals surface area contributed by atoms with Crippen LogP contribution in [0.15, 0.2) is 12.2 Å². The summed E-state index contributed by atoms with van der Waals surface area (Å²) >= 11 is 0. The van der Waals surface area contributed by atoms with Gasteiger partial charge in [-0.25, -0.2) is 4.79 Å². The Hall–Kier alpha value is -1.36. The van der Waals surface area contributed by atoms with Gasteiger partial charge < -0.3 is 14.7 Å². The monoisotopic (exact) mass is 229 g/mol. The molecule has 1 amide bonds. The molecule has 0 aliphatic carbocycles. The predicted molar refractivity (Wildman–Crippen MR) is 60.1 cm³/mol. The number of carbonyl (C=O) groups excluding carboxylic acids is 1. The van der Waals surface area contributed by atoms with Gasteiger partial charge >= 0.3 is 5.97 Å². The van der Waals surface area contributed by atoms with E-state index in [0.717, 1.165) is 5.57 Å². The molecule has 0 aromatic heterocycles. The lowest BCUT2D eigenvalue weighted by Gasteiger charge is -2.21. The Bertz CT molecular complexity index is 275. The molecule has 16 heavy (non-hydrogen) atoms. The van der Waals surface area contributed by atoms with Crippen LogP contribution in [-0.2, 0) is 14.3 Å². The van der Waals surface area contributed by atoms with Crippen LogP contribution < -0.4 is 0 Å². The zero-order valence-corrected chi connectivity index (χ0v) is 10.0. The van der Waals surface area contributed by atoms with Gasteiger partial charge in [-0.15, -0.1) is 0 Å². The van der Waals surface area contributed by atoms with E-state index in [1.807, 2.05) is 13.8 Å². The van der Waals surface area contributed by atoms with Gasteiger partial charge in [-0.2, -0.15) is 0 Å². The number of hydrogen-bond donors (Lipinski definition) is 1. The Morgan fingerprint density at radius 2 is 2.06 bits per heavy atom. The molecule has 0 saturated heterocycles. The van der Waals surface area contributed by atoms with Crippen molar-refractivity contribution in [2.24, 2.45) is 0 Å². The fourth-order valence-electron chi connectivity index (χ4n) is 1.06. The minimum absolute atomic E-state index is 0.214. The summed E-state index contributed by atoms with van der Waals surface area (Å²) in [5, 5.41) is 8.57. The summed E-state index contributed by atoms with van der Waals surface area (Å²) in [7, 11) is 0. The van der Waals surface area contributed by atoms with Crippen LogP contribution in [0.5, 0.6) is 0 Å². The average Bonchev–Trinajstić information content (AvgIpc) is 2.21. The highest BCUT2D eigenvalue weighted by molar-refractivity contribution is 5.78. The van der Waals surface area contributed by atoms with E-state index in [1.54, 1.807) is 4.90 Å². The van der Waals surface area contributed by atoms with Crippen molar-refractivity contribution in [3.8, 4) is 0 Å². The van der Waals surface area contributed by atoms with Gasteiger partial charge in [0.25, 0.3) is 0 Å². The summed E-state index contributed by atoms with van der Waals surface area (Å²) in [6.07, 6.45) is -0.965. The zero-order valence-electron chi connectivity index (χ0n) is 10.0. The molecule has 1 atom stereocenters. The summed E-state index contributed by atoms with van der Waals surface area (Å²) in [5.41, 5.74) is 0.876. The van der Waals surface area contributed by atoms with Gasteiger partial charge in [-0.05, 0) is 20.8 Å². The number of aliphatic carboxylic acids is 1. The first-order valence-corrected chi connectivity index (χ1v) is 5.15. The van der Waals surface area contributed by atoms with E-state index in [4.69, 9.17) is 9.84 Å². The van der Waals surface area contributed by atoms with Crippen LogP contribution in [0, 0.1) is 0 Å². The number of carbonyl (C=O) groups is 2. The second-order valence-electron chi connectivity index (χ2n) is 3.66. The standard InChI is InChI=1S/C11H19NO4/c1-5-12(6-8(2)3)10(13)7-16-9(4)11(14)15/h9H,2,5-7H2,1,3-4H3,(H,14,15). The summed E-state index contributed by atoms with van der Waals surface area (Å²) < 4.78 is 4.91. The molecule has 0 bridgehead atoms. The predicted octanol–water partition coefficient (Wildman–Crippen LogP) is 0.901. The highest BCUT2D eigenvalue weighted by Crippen LogP contribution is 1.99. The number of hydrogen-bond acceptors (Lipinski definition) is 3. The Morgan fingerprint density at radius 3 is 2.44 bits per heavy atom. The molecular formula is C11H19NO4. The molecule has 5 nitrogen and oxygen atoms in total. The Kier molecular flexibility index (Phi) is 6.41. The average molecular weight is 229 g/mol. The van der Waals surface area contributed by atoms with Crippen LogP contribution in [-0.4, -0.2) is 47.7 Å². The lowest BCUT2D eigenvalue weighted by atomic mass is 10.3. The van der Waals surface area contributed by atoms with Crippen molar-refractivity contribution in [1.29, 1.82) is 0 Å². The summed E-state index contributed by atoms with van der Waals surface area (Å²) in [6, 6.07) is 0. The first kappa shape index (κ1) is 14.6. The van der Waals surface area contributed by atoms with E-state index in [0.29, 0.717) is 13.1 Å². The van der Waals surface area contributed by atoms with Gasteiger partial charge in [-0.3, -0.25) is 4.79 Å². The maximum Gasteiger partial charge on any atom is 0.332 e. The van der Waals surface area contributed by atoms with Crippen LogP contribution in [0.3, 0.4) is 0 Å². The molecule has 0 rings (SSSR count). The Morgan fingerprint density at radius 1 is 1.50 bits per heavy atom. The second-order valence-corrected chi connectivity index (χ2v) is 3.66. The zero-order chi connectivity index (χ0) is 12.7.